The summed E-state index contributed by atoms with van der Waals surface area (Å²) in [5, 5.41) is 3.34. The van der Waals surface area contributed by atoms with Crippen molar-refractivity contribution < 1.29 is 4.39 Å². The van der Waals surface area contributed by atoms with Crippen LogP contribution in [0.2, 0.25) is 0 Å². The van der Waals surface area contributed by atoms with Gasteiger partial charge in [0.2, 0.25) is 0 Å². The summed E-state index contributed by atoms with van der Waals surface area (Å²) in [5.74, 6) is -0.170. The molecule has 1 fully saturated rings. The summed E-state index contributed by atoms with van der Waals surface area (Å²) in [6, 6.07) is 7.76. The number of likely N-dealkylation sites (N-methyl/N-ethyl adjacent to an activating group) is 1. The van der Waals surface area contributed by atoms with Gasteiger partial charge in [-0.05, 0) is 45.1 Å². The molecule has 1 aromatic rings. The topological polar surface area (TPSA) is 18.5 Å². The molecule has 4 heteroatoms. The van der Waals surface area contributed by atoms with Crippen molar-refractivity contribution in [2.75, 3.05) is 40.3 Å². The molecule has 1 aromatic carbocycles. The first kappa shape index (κ1) is 15.4. The Morgan fingerprint density at radius 1 is 1.30 bits per heavy atom. The van der Waals surface area contributed by atoms with Crippen molar-refractivity contribution in [1.29, 1.82) is 0 Å². The van der Waals surface area contributed by atoms with Crippen molar-refractivity contribution in [3.8, 4) is 0 Å². The van der Waals surface area contributed by atoms with Gasteiger partial charge in [-0.25, -0.2) is 4.39 Å². The molecule has 112 valence electrons. The fourth-order valence-electron chi connectivity index (χ4n) is 2.81. The van der Waals surface area contributed by atoms with Crippen LogP contribution in [0.3, 0.4) is 0 Å². The number of halogens is 1. The molecule has 2 atom stereocenters. The maximum Gasteiger partial charge on any atom is 0.123 e. The third-order valence-electron chi connectivity index (χ3n) is 4.40. The molecular weight excluding hydrogens is 253 g/mol. The summed E-state index contributed by atoms with van der Waals surface area (Å²) in [5.41, 5.74) is 1.16. The van der Waals surface area contributed by atoms with Crippen molar-refractivity contribution in [3.05, 3.63) is 35.6 Å². The van der Waals surface area contributed by atoms with Gasteiger partial charge in [-0.3, -0.25) is 0 Å². The number of benzene rings is 1. The fraction of sp³-hybridized carbons (Fsp3) is 0.625. The molecule has 1 aliphatic rings. The Labute approximate surface area is 121 Å². The molecule has 20 heavy (non-hydrogen) atoms. The lowest BCUT2D eigenvalue weighted by Gasteiger charge is -2.38. The highest BCUT2D eigenvalue weighted by Crippen LogP contribution is 2.18. The molecule has 1 aliphatic heterocycles. The van der Waals surface area contributed by atoms with E-state index < -0.39 is 0 Å². The Morgan fingerprint density at radius 3 is 2.60 bits per heavy atom. The highest BCUT2D eigenvalue weighted by Gasteiger charge is 2.21. The van der Waals surface area contributed by atoms with E-state index in [0.29, 0.717) is 12.1 Å². The highest BCUT2D eigenvalue weighted by atomic mass is 19.1. The first-order valence-electron chi connectivity index (χ1n) is 7.45. The summed E-state index contributed by atoms with van der Waals surface area (Å²) in [6.45, 7) is 6.78. The largest absolute Gasteiger partial charge is 0.313 e. The van der Waals surface area contributed by atoms with Gasteiger partial charge in [-0.1, -0.05) is 12.1 Å². The first-order valence-corrected chi connectivity index (χ1v) is 7.45. The lowest BCUT2D eigenvalue weighted by atomic mass is 10.0. The second kappa shape index (κ2) is 7.16. The lowest BCUT2D eigenvalue weighted by Crippen LogP contribution is -2.50. The van der Waals surface area contributed by atoms with Gasteiger partial charge in [0.1, 0.15) is 5.82 Å². The van der Waals surface area contributed by atoms with E-state index in [-0.39, 0.29) is 5.82 Å². The van der Waals surface area contributed by atoms with Crippen molar-refractivity contribution >= 4 is 0 Å². The highest BCUT2D eigenvalue weighted by molar-refractivity contribution is 5.19. The molecule has 3 nitrogen and oxygen atoms in total. The van der Waals surface area contributed by atoms with E-state index in [1.165, 1.54) is 12.1 Å². The summed E-state index contributed by atoms with van der Waals surface area (Å²) < 4.78 is 13.0. The monoisotopic (exact) mass is 279 g/mol. The van der Waals surface area contributed by atoms with Gasteiger partial charge in [0.15, 0.2) is 0 Å². The van der Waals surface area contributed by atoms with E-state index in [4.69, 9.17) is 0 Å². The minimum Gasteiger partial charge on any atom is -0.313 e. The molecule has 2 rings (SSSR count). The Balaban J connectivity index is 1.86. The van der Waals surface area contributed by atoms with Gasteiger partial charge in [0, 0.05) is 38.3 Å². The third kappa shape index (κ3) is 4.01. The fourth-order valence-corrected chi connectivity index (χ4v) is 2.81. The van der Waals surface area contributed by atoms with Gasteiger partial charge >= 0.3 is 0 Å². The molecule has 0 spiro atoms. The third-order valence-corrected chi connectivity index (χ3v) is 4.40. The van der Waals surface area contributed by atoms with Crippen LogP contribution in [-0.4, -0.2) is 56.1 Å². The molecule has 0 aliphatic carbocycles. The Morgan fingerprint density at radius 2 is 2.00 bits per heavy atom. The number of piperazine rings is 1. The van der Waals surface area contributed by atoms with E-state index in [0.717, 1.165) is 38.2 Å². The maximum absolute atomic E-state index is 13.0. The minimum absolute atomic E-state index is 0.170. The molecular formula is C16H26FN3. The van der Waals surface area contributed by atoms with E-state index in [2.05, 4.69) is 29.1 Å². The number of hydrogen-bond acceptors (Lipinski definition) is 3. The van der Waals surface area contributed by atoms with Gasteiger partial charge in [0.05, 0.1) is 0 Å². The smallest absolute Gasteiger partial charge is 0.123 e. The standard InChI is InChI=1S/C16H26FN3/c1-13-12-20(11-10-19(13)3)9-8-16(18-2)14-4-6-15(17)7-5-14/h4-7,13,16,18H,8-12H2,1-3H3. The zero-order valence-electron chi connectivity index (χ0n) is 12.8. The average Bonchev–Trinajstić information content (AvgIpc) is 2.45. The number of nitrogens with one attached hydrogen (secondary N) is 1. The predicted molar refractivity (Wildman–Crippen MR) is 81.3 cm³/mol. The second-order valence-electron chi connectivity index (χ2n) is 5.81. The zero-order valence-corrected chi connectivity index (χ0v) is 12.8. The van der Waals surface area contributed by atoms with Crippen LogP contribution in [0.1, 0.15) is 24.9 Å². The van der Waals surface area contributed by atoms with E-state index >= 15 is 0 Å². The number of hydrogen-bond donors (Lipinski definition) is 1. The van der Waals surface area contributed by atoms with Crippen LogP contribution in [-0.2, 0) is 0 Å². The summed E-state index contributed by atoms with van der Waals surface area (Å²) in [7, 11) is 4.16. The van der Waals surface area contributed by atoms with E-state index in [1.807, 2.05) is 19.2 Å². The quantitative estimate of drug-likeness (QED) is 0.890. The van der Waals surface area contributed by atoms with Crippen molar-refractivity contribution in [2.24, 2.45) is 0 Å². The molecule has 2 unspecified atom stereocenters. The van der Waals surface area contributed by atoms with Crippen LogP contribution in [0.4, 0.5) is 4.39 Å². The maximum atomic E-state index is 13.0. The van der Waals surface area contributed by atoms with Crippen LogP contribution in [0.15, 0.2) is 24.3 Å². The minimum atomic E-state index is -0.170. The molecule has 1 saturated heterocycles. The Kier molecular flexibility index (Phi) is 5.52. The first-order chi connectivity index (χ1) is 9.60. The molecule has 0 bridgehead atoms. The molecule has 0 saturated carbocycles. The van der Waals surface area contributed by atoms with Crippen LogP contribution in [0.25, 0.3) is 0 Å². The average molecular weight is 279 g/mol. The summed E-state index contributed by atoms with van der Waals surface area (Å²) in [4.78, 5) is 4.94. The van der Waals surface area contributed by atoms with Gasteiger partial charge in [-0.2, -0.15) is 0 Å². The molecule has 1 N–H and O–H groups in total. The zero-order chi connectivity index (χ0) is 14.5. The van der Waals surface area contributed by atoms with E-state index in [1.54, 1.807) is 0 Å². The van der Waals surface area contributed by atoms with Gasteiger partial charge in [-0.15, -0.1) is 0 Å². The van der Waals surface area contributed by atoms with Crippen LogP contribution >= 0.6 is 0 Å². The van der Waals surface area contributed by atoms with Crippen LogP contribution in [0.5, 0.6) is 0 Å². The predicted octanol–water partition coefficient (Wildman–Crippen LogP) is 2.11. The van der Waals surface area contributed by atoms with Gasteiger partial charge in [0.25, 0.3) is 0 Å². The van der Waals surface area contributed by atoms with E-state index in [9.17, 15) is 4.39 Å². The number of nitrogens with zero attached hydrogens (tertiary/aromatic N) is 2. The van der Waals surface area contributed by atoms with Crippen molar-refractivity contribution in [2.45, 2.75) is 25.4 Å². The Bertz CT molecular complexity index is 407. The Hall–Kier alpha value is -0.970. The van der Waals surface area contributed by atoms with Crippen molar-refractivity contribution in [3.63, 3.8) is 0 Å². The van der Waals surface area contributed by atoms with Crippen LogP contribution < -0.4 is 5.32 Å². The van der Waals surface area contributed by atoms with Crippen LogP contribution in [0, 0.1) is 5.82 Å². The molecule has 0 aromatic heterocycles. The van der Waals surface area contributed by atoms with Gasteiger partial charge < -0.3 is 15.1 Å². The lowest BCUT2D eigenvalue weighted by molar-refractivity contribution is 0.102. The molecule has 0 radical (unpaired) electrons. The normalized spacial score (nSPS) is 22.9. The summed E-state index contributed by atoms with van der Waals surface area (Å²) in [6.07, 6.45) is 1.05. The molecule has 0 amide bonds. The SMILES string of the molecule is CNC(CCN1CCN(C)C(C)C1)c1ccc(F)cc1. The van der Waals surface area contributed by atoms with Crippen molar-refractivity contribution in [1.82, 2.24) is 15.1 Å². The molecule has 1 heterocycles. The second-order valence-corrected chi connectivity index (χ2v) is 5.81. The number of rotatable bonds is 5. The summed E-state index contributed by atoms with van der Waals surface area (Å²) >= 11 is 0.